The Balaban J connectivity index is 2.17. The van der Waals surface area contributed by atoms with Crippen LogP contribution in [0.3, 0.4) is 0 Å². The summed E-state index contributed by atoms with van der Waals surface area (Å²) in [7, 11) is 0. The minimum atomic E-state index is 0.764. The van der Waals surface area contributed by atoms with E-state index >= 15 is 0 Å². The van der Waals surface area contributed by atoms with Gasteiger partial charge in [0.25, 0.3) is 0 Å². The topological polar surface area (TPSA) is 42.1 Å². The van der Waals surface area contributed by atoms with Gasteiger partial charge in [-0.15, -0.1) is 0 Å². The zero-order valence-electron chi connectivity index (χ0n) is 10.9. The van der Waals surface area contributed by atoms with Crippen LogP contribution < -0.4 is 10.6 Å². The molecule has 94 valence electrons. The lowest BCUT2D eigenvalue weighted by molar-refractivity contribution is 0.810. The predicted octanol–water partition coefficient (Wildman–Crippen LogP) is 3.00. The van der Waals surface area contributed by atoms with E-state index in [0.29, 0.717) is 0 Å². The van der Waals surface area contributed by atoms with E-state index in [1.165, 1.54) is 11.3 Å². The van der Waals surface area contributed by atoms with Crippen molar-refractivity contribution in [2.45, 2.75) is 20.4 Å². The second-order valence-corrected chi connectivity index (χ2v) is 4.43. The molecule has 0 aliphatic rings. The maximum absolute atomic E-state index is 5.78. The van der Waals surface area contributed by atoms with Crippen molar-refractivity contribution < 1.29 is 0 Å². The molecule has 1 aromatic heterocycles. The maximum atomic E-state index is 5.78. The summed E-state index contributed by atoms with van der Waals surface area (Å²) in [6.45, 7) is 5.97. The Morgan fingerprint density at radius 1 is 1.17 bits per heavy atom. The number of anilines is 2. The van der Waals surface area contributed by atoms with Crippen LogP contribution in [0, 0.1) is 6.92 Å². The molecule has 0 bridgehead atoms. The van der Waals surface area contributed by atoms with Gasteiger partial charge in [0.15, 0.2) is 0 Å². The Hall–Kier alpha value is -2.03. The molecular formula is C15H19N3. The van der Waals surface area contributed by atoms with Crippen molar-refractivity contribution in [3.05, 3.63) is 53.9 Å². The third-order valence-corrected chi connectivity index (χ3v) is 2.97. The fourth-order valence-electron chi connectivity index (χ4n) is 1.92. The molecule has 0 aliphatic heterocycles. The van der Waals surface area contributed by atoms with Gasteiger partial charge in [-0.25, -0.2) is 0 Å². The van der Waals surface area contributed by atoms with Crippen LogP contribution in [-0.2, 0) is 6.54 Å². The molecule has 0 amide bonds. The van der Waals surface area contributed by atoms with Crippen LogP contribution in [-0.4, -0.2) is 11.5 Å². The van der Waals surface area contributed by atoms with Gasteiger partial charge in [-0.2, -0.15) is 0 Å². The molecule has 0 radical (unpaired) electrons. The molecule has 0 fully saturated rings. The summed E-state index contributed by atoms with van der Waals surface area (Å²) in [6, 6.07) is 12.3. The van der Waals surface area contributed by atoms with Crippen LogP contribution in [0.2, 0.25) is 0 Å². The summed E-state index contributed by atoms with van der Waals surface area (Å²) in [5, 5.41) is 0. The Kier molecular flexibility index (Phi) is 3.82. The highest BCUT2D eigenvalue weighted by molar-refractivity contribution is 5.48. The van der Waals surface area contributed by atoms with Crippen LogP contribution in [0.15, 0.2) is 42.6 Å². The van der Waals surface area contributed by atoms with Crippen molar-refractivity contribution in [1.29, 1.82) is 0 Å². The number of nitrogen functional groups attached to an aromatic ring is 1. The molecule has 0 aliphatic carbocycles. The molecule has 1 aromatic carbocycles. The second kappa shape index (κ2) is 5.54. The fourth-order valence-corrected chi connectivity index (χ4v) is 1.92. The van der Waals surface area contributed by atoms with Crippen molar-refractivity contribution in [1.82, 2.24) is 4.98 Å². The lowest BCUT2D eigenvalue weighted by Crippen LogP contribution is -2.22. The molecule has 0 saturated carbocycles. The number of aromatic nitrogens is 1. The molecule has 3 heteroatoms. The van der Waals surface area contributed by atoms with Gasteiger partial charge in [0.2, 0.25) is 0 Å². The summed E-state index contributed by atoms with van der Waals surface area (Å²) in [5.74, 6) is 0. The van der Waals surface area contributed by atoms with Crippen molar-refractivity contribution in [2.24, 2.45) is 0 Å². The van der Waals surface area contributed by atoms with E-state index in [9.17, 15) is 0 Å². The lowest BCUT2D eigenvalue weighted by Gasteiger charge is -2.23. The number of aryl methyl sites for hydroxylation is 1. The number of hydrogen-bond acceptors (Lipinski definition) is 3. The summed E-state index contributed by atoms with van der Waals surface area (Å²) in [5.41, 5.74) is 10.0. The van der Waals surface area contributed by atoms with Crippen molar-refractivity contribution in [2.75, 3.05) is 17.2 Å². The maximum Gasteiger partial charge on any atom is 0.0617 e. The molecule has 0 spiro atoms. The van der Waals surface area contributed by atoms with Gasteiger partial charge in [-0.1, -0.05) is 17.7 Å². The highest BCUT2D eigenvalue weighted by atomic mass is 15.1. The van der Waals surface area contributed by atoms with E-state index in [2.05, 4.69) is 48.0 Å². The van der Waals surface area contributed by atoms with Gasteiger partial charge in [0.1, 0.15) is 0 Å². The first-order chi connectivity index (χ1) is 8.69. The summed E-state index contributed by atoms with van der Waals surface area (Å²) in [4.78, 5) is 6.63. The number of hydrogen-bond donors (Lipinski definition) is 1. The molecule has 0 unspecified atom stereocenters. The Labute approximate surface area is 108 Å². The summed E-state index contributed by atoms with van der Waals surface area (Å²) in [6.07, 6.45) is 1.76. The first kappa shape index (κ1) is 12.4. The second-order valence-electron chi connectivity index (χ2n) is 4.43. The van der Waals surface area contributed by atoms with Gasteiger partial charge in [-0.05, 0) is 38.1 Å². The molecule has 3 nitrogen and oxygen atoms in total. The quantitative estimate of drug-likeness (QED) is 0.894. The lowest BCUT2D eigenvalue weighted by atomic mass is 10.2. The Morgan fingerprint density at radius 2 is 1.89 bits per heavy atom. The minimum absolute atomic E-state index is 0.764. The molecule has 2 N–H and O–H groups in total. The molecule has 0 atom stereocenters. The minimum Gasteiger partial charge on any atom is -0.399 e. The molecule has 2 rings (SSSR count). The van der Waals surface area contributed by atoms with E-state index in [1.807, 2.05) is 12.1 Å². The van der Waals surface area contributed by atoms with Gasteiger partial charge >= 0.3 is 0 Å². The Morgan fingerprint density at radius 3 is 2.50 bits per heavy atom. The van der Waals surface area contributed by atoms with Crippen molar-refractivity contribution in [3.63, 3.8) is 0 Å². The van der Waals surface area contributed by atoms with E-state index in [1.54, 1.807) is 6.20 Å². The standard InChI is InChI=1S/C15H19N3/c1-3-18(15-6-4-12(2)5-7-15)11-14-10-13(16)8-9-17-14/h4-10H,3,11H2,1-2H3,(H2,16,17). The molecule has 2 aromatic rings. The van der Waals surface area contributed by atoms with E-state index in [-0.39, 0.29) is 0 Å². The monoisotopic (exact) mass is 241 g/mol. The average Bonchev–Trinajstić information content (AvgIpc) is 2.37. The molecule has 18 heavy (non-hydrogen) atoms. The molecular weight excluding hydrogens is 222 g/mol. The number of pyridine rings is 1. The first-order valence-electron chi connectivity index (χ1n) is 6.21. The number of nitrogens with two attached hydrogens (primary N) is 1. The van der Waals surface area contributed by atoms with Crippen LogP contribution in [0.25, 0.3) is 0 Å². The first-order valence-corrected chi connectivity index (χ1v) is 6.21. The third kappa shape index (κ3) is 3.00. The third-order valence-electron chi connectivity index (χ3n) is 2.97. The van der Waals surface area contributed by atoms with Crippen LogP contribution in [0.5, 0.6) is 0 Å². The highest BCUT2D eigenvalue weighted by Crippen LogP contribution is 2.17. The normalized spacial score (nSPS) is 10.3. The van der Waals surface area contributed by atoms with Crippen LogP contribution in [0.4, 0.5) is 11.4 Å². The zero-order valence-corrected chi connectivity index (χ0v) is 10.9. The van der Waals surface area contributed by atoms with Crippen molar-refractivity contribution in [3.8, 4) is 0 Å². The van der Waals surface area contributed by atoms with Crippen LogP contribution in [0.1, 0.15) is 18.2 Å². The van der Waals surface area contributed by atoms with E-state index in [4.69, 9.17) is 5.73 Å². The highest BCUT2D eigenvalue weighted by Gasteiger charge is 2.06. The van der Waals surface area contributed by atoms with Gasteiger partial charge in [0.05, 0.1) is 12.2 Å². The molecule has 0 saturated heterocycles. The number of rotatable bonds is 4. The summed E-state index contributed by atoms with van der Waals surface area (Å²) < 4.78 is 0. The smallest absolute Gasteiger partial charge is 0.0617 e. The van der Waals surface area contributed by atoms with Gasteiger partial charge in [-0.3, -0.25) is 4.98 Å². The largest absolute Gasteiger partial charge is 0.399 e. The van der Waals surface area contributed by atoms with E-state index < -0.39 is 0 Å². The zero-order chi connectivity index (χ0) is 13.0. The predicted molar refractivity (Wildman–Crippen MR) is 76.6 cm³/mol. The number of nitrogens with zero attached hydrogens (tertiary/aromatic N) is 2. The fraction of sp³-hybridized carbons (Fsp3) is 0.267. The SMILES string of the molecule is CCN(Cc1cc(N)ccn1)c1ccc(C)cc1. The Bertz CT molecular complexity index is 505. The van der Waals surface area contributed by atoms with E-state index in [0.717, 1.165) is 24.5 Å². The average molecular weight is 241 g/mol. The van der Waals surface area contributed by atoms with Gasteiger partial charge in [0, 0.05) is 24.1 Å². The number of benzene rings is 1. The summed E-state index contributed by atoms with van der Waals surface area (Å²) >= 11 is 0. The molecule has 1 heterocycles. The van der Waals surface area contributed by atoms with Gasteiger partial charge < -0.3 is 10.6 Å². The van der Waals surface area contributed by atoms with Crippen LogP contribution >= 0.6 is 0 Å². The van der Waals surface area contributed by atoms with Crippen molar-refractivity contribution >= 4 is 11.4 Å².